The van der Waals surface area contributed by atoms with Crippen LogP contribution in [0.3, 0.4) is 0 Å². The molecule has 0 N–H and O–H groups in total. The number of para-hydroxylation sites is 2. The van der Waals surface area contributed by atoms with Gasteiger partial charge in [0.1, 0.15) is 18.3 Å². The molecule has 3 aromatic carbocycles. The van der Waals surface area contributed by atoms with Crippen LogP contribution < -0.4 is 4.57 Å². The minimum Gasteiger partial charge on any atom is -0.475 e. The van der Waals surface area contributed by atoms with Gasteiger partial charge in [0.2, 0.25) is 12.2 Å². The fourth-order valence-corrected chi connectivity index (χ4v) is 3.64. The Morgan fingerprint density at radius 1 is 0.963 bits per heavy atom. The Kier molecular flexibility index (Phi) is 3.75. The molecule has 0 saturated carbocycles. The second kappa shape index (κ2) is 6.40. The fraction of sp³-hybridized carbons (Fsp3) is 0.130. The van der Waals surface area contributed by atoms with Crippen LogP contribution in [-0.2, 0) is 11.8 Å². The van der Waals surface area contributed by atoms with Crippen molar-refractivity contribution in [3.05, 3.63) is 96.3 Å². The highest BCUT2D eigenvalue weighted by atomic mass is 16.5. The van der Waals surface area contributed by atoms with Gasteiger partial charge in [-0.05, 0) is 35.9 Å². The molecule has 0 fully saturated rings. The Hall–Kier alpha value is -3.40. The van der Waals surface area contributed by atoms with Crippen molar-refractivity contribution >= 4 is 16.9 Å². The average molecular weight is 354 g/mol. The monoisotopic (exact) mass is 354 g/mol. The average Bonchev–Trinajstić information content (AvgIpc) is 3.35. The van der Waals surface area contributed by atoms with Gasteiger partial charge in [0.25, 0.3) is 0 Å². The highest BCUT2D eigenvalue weighted by Gasteiger charge is 2.22. The van der Waals surface area contributed by atoms with E-state index < -0.39 is 0 Å². The first-order chi connectivity index (χ1) is 13.3. The van der Waals surface area contributed by atoms with Gasteiger partial charge in [0.05, 0.1) is 7.05 Å². The van der Waals surface area contributed by atoms with E-state index in [4.69, 9.17) is 9.73 Å². The Bertz CT molecular complexity index is 1140. The van der Waals surface area contributed by atoms with Crippen molar-refractivity contribution in [1.82, 2.24) is 4.57 Å². The first-order valence-electron chi connectivity index (χ1n) is 9.12. The number of aromatic nitrogens is 2. The summed E-state index contributed by atoms with van der Waals surface area (Å²) in [7, 11) is 2.07. The number of rotatable bonds is 3. The van der Waals surface area contributed by atoms with Crippen molar-refractivity contribution in [3.8, 4) is 5.69 Å². The van der Waals surface area contributed by atoms with Crippen molar-refractivity contribution in [2.75, 3.05) is 6.61 Å². The number of nitrogens with zero attached hydrogens (tertiary/aromatic N) is 3. The predicted octanol–water partition coefficient (Wildman–Crippen LogP) is 3.97. The van der Waals surface area contributed by atoms with Gasteiger partial charge in [-0.1, -0.05) is 48.5 Å². The maximum Gasteiger partial charge on any atom is 0.249 e. The van der Waals surface area contributed by atoms with E-state index in [2.05, 4.69) is 83.2 Å². The number of ether oxygens (including phenoxy) is 1. The number of aryl methyl sites for hydroxylation is 1. The molecule has 1 unspecified atom stereocenters. The summed E-state index contributed by atoms with van der Waals surface area (Å²) in [6, 6.07) is 27.1. The lowest BCUT2D eigenvalue weighted by Crippen LogP contribution is -2.25. The summed E-state index contributed by atoms with van der Waals surface area (Å²) in [4.78, 5) is 4.81. The second-order valence-corrected chi connectivity index (χ2v) is 6.81. The normalized spacial score (nSPS) is 16.3. The molecule has 1 aromatic heterocycles. The molecule has 2 heterocycles. The molecule has 0 aliphatic carbocycles. The summed E-state index contributed by atoms with van der Waals surface area (Å²) < 4.78 is 10.3. The van der Waals surface area contributed by atoms with E-state index in [0.29, 0.717) is 12.5 Å². The van der Waals surface area contributed by atoms with Crippen molar-refractivity contribution in [2.24, 2.45) is 12.0 Å². The molecular weight excluding hydrogens is 334 g/mol. The lowest BCUT2D eigenvalue weighted by atomic mass is 10.1. The molecular formula is C23H20N3O+. The minimum atomic E-state index is 0.0649. The van der Waals surface area contributed by atoms with Crippen LogP contribution in [0.25, 0.3) is 16.7 Å². The first kappa shape index (κ1) is 15.8. The quantitative estimate of drug-likeness (QED) is 0.512. The van der Waals surface area contributed by atoms with Gasteiger partial charge in [0.15, 0.2) is 11.0 Å². The van der Waals surface area contributed by atoms with Gasteiger partial charge in [-0.25, -0.2) is 9.56 Å². The molecule has 1 atom stereocenters. The molecule has 4 aromatic rings. The lowest BCUT2D eigenvalue weighted by molar-refractivity contribution is -0.645. The number of hydrogen-bond acceptors (Lipinski definition) is 2. The molecule has 1 aliphatic rings. The Labute approximate surface area is 158 Å². The number of hydrogen-bond donors (Lipinski definition) is 0. The van der Waals surface area contributed by atoms with Gasteiger partial charge < -0.3 is 4.74 Å². The summed E-state index contributed by atoms with van der Waals surface area (Å²) in [5.74, 6) is 0.714. The standard InChI is InChI=1S/C23H20N3O/c1-25-16-26(22-13-6-5-12-21(22)25)19-11-7-10-18(14-19)23-24-20(15-27-23)17-8-3-2-4-9-17/h2-14,16,20H,15H2,1H3/q+1. The molecule has 0 spiro atoms. The van der Waals surface area contributed by atoms with E-state index in [1.807, 2.05) is 18.2 Å². The molecule has 0 radical (unpaired) electrons. The third-order valence-corrected chi connectivity index (χ3v) is 5.02. The molecule has 0 amide bonds. The van der Waals surface area contributed by atoms with E-state index in [0.717, 1.165) is 11.3 Å². The summed E-state index contributed by atoms with van der Waals surface area (Å²) in [6.45, 7) is 0.588. The third kappa shape index (κ3) is 2.79. The smallest absolute Gasteiger partial charge is 0.249 e. The highest BCUT2D eigenvalue weighted by Crippen LogP contribution is 2.26. The summed E-state index contributed by atoms with van der Waals surface area (Å²) in [5.41, 5.74) is 5.66. The minimum absolute atomic E-state index is 0.0649. The third-order valence-electron chi connectivity index (χ3n) is 5.02. The van der Waals surface area contributed by atoms with E-state index in [1.54, 1.807) is 0 Å². The number of aliphatic imine (C=N–C) groups is 1. The first-order valence-corrected chi connectivity index (χ1v) is 9.12. The summed E-state index contributed by atoms with van der Waals surface area (Å²) in [5, 5.41) is 0. The number of imidazole rings is 1. The van der Waals surface area contributed by atoms with Gasteiger partial charge in [0, 0.05) is 5.56 Å². The molecule has 4 nitrogen and oxygen atoms in total. The lowest BCUT2D eigenvalue weighted by Gasteiger charge is -2.03. The van der Waals surface area contributed by atoms with Crippen molar-refractivity contribution in [1.29, 1.82) is 0 Å². The molecule has 0 saturated heterocycles. The van der Waals surface area contributed by atoms with Crippen LogP contribution in [0.1, 0.15) is 17.2 Å². The Balaban J connectivity index is 1.53. The van der Waals surface area contributed by atoms with Crippen molar-refractivity contribution in [3.63, 3.8) is 0 Å². The molecule has 27 heavy (non-hydrogen) atoms. The van der Waals surface area contributed by atoms with Crippen molar-refractivity contribution in [2.45, 2.75) is 6.04 Å². The van der Waals surface area contributed by atoms with Crippen LogP contribution in [0.4, 0.5) is 0 Å². The zero-order valence-corrected chi connectivity index (χ0v) is 15.1. The Morgan fingerprint density at radius 2 is 1.78 bits per heavy atom. The van der Waals surface area contributed by atoms with E-state index in [9.17, 15) is 0 Å². The topological polar surface area (TPSA) is 30.4 Å². The number of fused-ring (bicyclic) bond motifs is 1. The zero-order chi connectivity index (χ0) is 18.2. The van der Waals surface area contributed by atoms with Crippen LogP contribution in [0.5, 0.6) is 0 Å². The van der Waals surface area contributed by atoms with Gasteiger partial charge >= 0.3 is 0 Å². The van der Waals surface area contributed by atoms with E-state index >= 15 is 0 Å². The number of benzene rings is 3. The van der Waals surface area contributed by atoms with Gasteiger partial charge in [-0.3, -0.25) is 0 Å². The van der Waals surface area contributed by atoms with Crippen LogP contribution in [0.15, 0.2) is 90.2 Å². The molecule has 132 valence electrons. The van der Waals surface area contributed by atoms with Crippen molar-refractivity contribution < 1.29 is 9.30 Å². The van der Waals surface area contributed by atoms with Gasteiger partial charge in [-0.2, -0.15) is 4.57 Å². The van der Waals surface area contributed by atoms with Gasteiger partial charge in [-0.15, -0.1) is 0 Å². The molecule has 1 aliphatic heterocycles. The van der Waals surface area contributed by atoms with Crippen LogP contribution in [0, 0.1) is 0 Å². The largest absolute Gasteiger partial charge is 0.475 e. The molecule has 4 heteroatoms. The molecule has 0 bridgehead atoms. The summed E-state index contributed by atoms with van der Waals surface area (Å²) >= 11 is 0. The SMILES string of the molecule is C[n+]1cn(-c2cccc(C3=NC(c4ccccc4)CO3)c2)c2ccccc21. The summed E-state index contributed by atoms with van der Waals surface area (Å²) in [6.07, 6.45) is 2.11. The molecule has 5 rings (SSSR count). The second-order valence-electron chi connectivity index (χ2n) is 6.81. The maximum absolute atomic E-state index is 5.93. The fourth-order valence-electron chi connectivity index (χ4n) is 3.64. The predicted molar refractivity (Wildman–Crippen MR) is 106 cm³/mol. The highest BCUT2D eigenvalue weighted by molar-refractivity contribution is 5.95. The van der Waals surface area contributed by atoms with E-state index in [-0.39, 0.29) is 6.04 Å². The van der Waals surface area contributed by atoms with E-state index in [1.165, 1.54) is 16.6 Å². The van der Waals surface area contributed by atoms with Crippen LogP contribution in [-0.4, -0.2) is 17.1 Å². The Morgan fingerprint density at radius 3 is 2.67 bits per heavy atom. The zero-order valence-electron chi connectivity index (χ0n) is 15.1. The van der Waals surface area contributed by atoms with Crippen LogP contribution in [0.2, 0.25) is 0 Å². The van der Waals surface area contributed by atoms with Crippen LogP contribution >= 0.6 is 0 Å². The maximum atomic E-state index is 5.93.